The molecule has 4 rings (SSSR count). The van der Waals surface area contributed by atoms with Crippen LogP contribution in [0.3, 0.4) is 0 Å². The highest BCUT2D eigenvalue weighted by atomic mass is 15.2. The predicted molar refractivity (Wildman–Crippen MR) is 63.8 cm³/mol. The van der Waals surface area contributed by atoms with Crippen molar-refractivity contribution in [3.63, 3.8) is 0 Å². The van der Waals surface area contributed by atoms with Gasteiger partial charge in [-0.2, -0.15) is 0 Å². The molecule has 4 aliphatic rings. The zero-order chi connectivity index (χ0) is 10.6. The smallest absolute Gasteiger partial charge is 0.0127 e. The molecule has 0 radical (unpaired) electrons. The molecule has 3 aliphatic carbocycles. The minimum absolute atomic E-state index is 0.662. The van der Waals surface area contributed by atoms with Gasteiger partial charge in [0.05, 0.1) is 0 Å². The van der Waals surface area contributed by atoms with E-state index in [0.29, 0.717) is 5.41 Å². The summed E-state index contributed by atoms with van der Waals surface area (Å²) in [5.74, 6) is 2.99. The summed E-state index contributed by atoms with van der Waals surface area (Å²) in [5.41, 5.74) is 0.662. The zero-order valence-corrected chi connectivity index (χ0v) is 10.5. The highest BCUT2D eigenvalue weighted by Crippen LogP contribution is 2.62. The molecule has 1 heterocycles. The third-order valence-corrected chi connectivity index (χ3v) is 5.92. The van der Waals surface area contributed by atoms with Gasteiger partial charge in [0.2, 0.25) is 0 Å². The Morgan fingerprint density at radius 1 is 1.07 bits per heavy atom. The Morgan fingerprint density at radius 2 is 1.73 bits per heavy atom. The van der Waals surface area contributed by atoms with Crippen LogP contribution in [0, 0.1) is 23.2 Å². The lowest BCUT2D eigenvalue weighted by molar-refractivity contribution is -0.135. The van der Waals surface area contributed by atoms with Gasteiger partial charge in [-0.15, -0.1) is 0 Å². The molecule has 3 saturated carbocycles. The Morgan fingerprint density at radius 3 is 2.27 bits per heavy atom. The molecule has 0 aromatic rings. The van der Waals surface area contributed by atoms with E-state index in [2.05, 4.69) is 25.7 Å². The summed E-state index contributed by atoms with van der Waals surface area (Å²) in [6.07, 6.45) is 5.91. The van der Waals surface area contributed by atoms with Gasteiger partial charge >= 0.3 is 0 Å². The molecule has 2 bridgehead atoms. The van der Waals surface area contributed by atoms with Crippen LogP contribution in [0.5, 0.6) is 0 Å². The van der Waals surface area contributed by atoms with Gasteiger partial charge in [-0.25, -0.2) is 0 Å². The molecule has 1 nitrogen and oxygen atoms in total. The van der Waals surface area contributed by atoms with Crippen molar-refractivity contribution in [2.75, 3.05) is 13.1 Å². The molecule has 1 aliphatic heterocycles. The first-order chi connectivity index (χ1) is 7.10. The third-order valence-electron chi connectivity index (χ3n) is 5.92. The zero-order valence-electron chi connectivity index (χ0n) is 10.5. The Labute approximate surface area is 94.2 Å². The van der Waals surface area contributed by atoms with E-state index >= 15 is 0 Å². The molecular weight excluding hydrogens is 182 g/mol. The SMILES string of the molecule is C[C@H]1[C@H](N2CCCC2)C[C@H]2C[C@@H]1C2(C)C. The first-order valence-corrected chi connectivity index (χ1v) is 6.85. The Hall–Kier alpha value is -0.0400. The monoisotopic (exact) mass is 207 g/mol. The van der Waals surface area contributed by atoms with Crippen LogP contribution >= 0.6 is 0 Å². The number of rotatable bonds is 1. The third kappa shape index (κ3) is 1.32. The van der Waals surface area contributed by atoms with Crippen molar-refractivity contribution in [3.05, 3.63) is 0 Å². The predicted octanol–water partition coefficient (Wildman–Crippen LogP) is 3.15. The molecule has 0 amide bonds. The van der Waals surface area contributed by atoms with Gasteiger partial charge in [-0.05, 0) is 61.9 Å². The first kappa shape index (κ1) is 10.1. The summed E-state index contributed by atoms with van der Waals surface area (Å²) in [4.78, 5) is 2.79. The number of hydrogen-bond acceptors (Lipinski definition) is 1. The maximum atomic E-state index is 2.79. The van der Waals surface area contributed by atoms with Crippen molar-refractivity contribution in [2.45, 2.75) is 52.5 Å². The summed E-state index contributed by atoms with van der Waals surface area (Å²) in [7, 11) is 0. The molecular formula is C14H25N. The number of fused-ring (bicyclic) bond motifs is 2. The van der Waals surface area contributed by atoms with Crippen LogP contribution in [-0.2, 0) is 0 Å². The highest BCUT2D eigenvalue weighted by Gasteiger charge is 2.57. The summed E-state index contributed by atoms with van der Waals surface area (Å²) in [5, 5.41) is 0. The first-order valence-electron chi connectivity index (χ1n) is 6.85. The van der Waals surface area contributed by atoms with E-state index < -0.39 is 0 Å². The average Bonchev–Trinajstić information content (AvgIpc) is 2.70. The second-order valence-electron chi connectivity index (χ2n) is 6.77. The van der Waals surface area contributed by atoms with Crippen molar-refractivity contribution in [1.29, 1.82) is 0 Å². The molecule has 0 spiro atoms. The van der Waals surface area contributed by atoms with Gasteiger partial charge in [0.1, 0.15) is 0 Å². The molecule has 4 fully saturated rings. The van der Waals surface area contributed by atoms with E-state index in [0.717, 1.165) is 23.8 Å². The quantitative estimate of drug-likeness (QED) is 0.638. The van der Waals surface area contributed by atoms with E-state index in [-0.39, 0.29) is 0 Å². The molecule has 86 valence electrons. The summed E-state index contributed by atoms with van der Waals surface area (Å²) >= 11 is 0. The van der Waals surface area contributed by atoms with E-state index in [1.807, 2.05) is 0 Å². The number of likely N-dealkylation sites (tertiary alicyclic amines) is 1. The van der Waals surface area contributed by atoms with Crippen LogP contribution in [0.15, 0.2) is 0 Å². The Balaban J connectivity index is 1.74. The van der Waals surface area contributed by atoms with Crippen LogP contribution in [0.2, 0.25) is 0 Å². The standard InChI is InChI=1S/C14H25N/c1-10-12-8-11(14(12,2)3)9-13(10)15-6-4-5-7-15/h10-13H,4-9H2,1-3H3/t10-,11-,12+,13-/m1/s1. The topological polar surface area (TPSA) is 3.24 Å². The molecule has 1 saturated heterocycles. The minimum Gasteiger partial charge on any atom is -0.300 e. The largest absolute Gasteiger partial charge is 0.300 e. The summed E-state index contributed by atoms with van der Waals surface area (Å²) < 4.78 is 0. The van der Waals surface area contributed by atoms with Gasteiger partial charge in [0, 0.05) is 6.04 Å². The van der Waals surface area contributed by atoms with Crippen molar-refractivity contribution in [3.8, 4) is 0 Å². The van der Waals surface area contributed by atoms with Gasteiger partial charge in [0.25, 0.3) is 0 Å². The lowest BCUT2D eigenvalue weighted by atomic mass is 9.44. The second-order valence-corrected chi connectivity index (χ2v) is 6.77. The molecule has 0 aromatic carbocycles. The lowest BCUT2D eigenvalue weighted by Gasteiger charge is -2.63. The van der Waals surface area contributed by atoms with E-state index in [1.165, 1.54) is 38.8 Å². The van der Waals surface area contributed by atoms with Crippen LogP contribution in [-0.4, -0.2) is 24.0 Å². The van der Waals surface area contributed by atoms with Gasteiger partial charge in [-0.3, -0.25) is 0 Å². The molecule has 4 atom stereocenters. The molecule has 0 N–H and O–H groups in total. The second kappa shape index (κ2) is 3.23. The van der Waals surface area contributed by atoms with Crippen LogP contribution in [0.1, 0.15) is 46.5 Å². The van der Waals surface area contributed by atoms with Gasteiger partial charge in [0.15, 0.2) is 0 Å². The molecule has 0 aromatic heterocycles. The van der Waals surface area contributed by atoms with E-state index in [1.54, 1.807) is 0 Å². The number of hydrogen-bond donors (Lipinski definition) is 0. The van der Waals surface area contributed by atoms with Crippen LogP contribution in [0.4, 0.5) is 0 Å². The molecule has 1 heteroatoms. The van der Waals surface area contributed by atoms with Crippen molar-refractivity contribution >= 4 is 0 Å². The van der Waals surface area contributed by atoms with Crippen molar-refractivity contribution in [1.82, 2.24) is 4.90 Å². The molecule has 15 heavy (non-hydrogen) atoms. The van der Waals surface area contributed by atoms with Crippen LogP contribution < -0.4 is 0 Å². The van der Waals surface area contributed by atoms with Crippen molar-refractivity contribution in [2.24, 2.45) is 23.2 Å². The fourth-order valence-corrected chi connectivity index (χ4v) is 4.68. The number of nitrogens with zero attached hydrogens (tertiary/aromatic N) is 1. The maximum Gasteiger partial charge on any atom is 0.0127 e. The van der Waals surface area contributed by atoms with E-state index in [4.69, 9.17) is 0 Å². The van der Waals surface area contributed by atoms with Gasteiger partial charge < -0.3 is 4.90 Å². The van der Waals surface area contributed by atoms with Gasteiger partial charge in [-0.1, -0.05) is 20.8 Å². The minimum atomic E-state index is 0.662. The maximum absolute atomic E-state index is 2.79. The lowest BCUT2D eigenvalue weighted by Crippen LogP contribution is -2.60. The normalized spacial score (nSPS) is 49.0. The Kier molecular flexibility index (Phi) is 2.18. The van der Waals surface area contributed by atoms with Crippen LogP contribution in [0.25, 0.3) is 0 Å². The Bertz CT molecular complexity index is 252. The van der Waals surface area contributed by atoms with E-state index in [9.17, 15) is 0 Å². The summed E-state index contributed by atoms with van der Waals surface area (Å²) in [6.45, 7) is 10.3. The van der Waals surface area contributed by atoms with Crippen molar-refractivity contribution < 1.29 is 0 Å². The fourth-order valence-electron chi connectivity index (χ4n) is 4.68. The molecule has 0 unspecified atom stereocenters. The summed E-state index contributed by atoms with van der Waals surface area (Å²) in [6, 6.07) is 0.935. The average molecular weight is 207 g/mol. The highest BCUT2D eigenvalue weighted by molar-refractivity contribution is 5.07. The fraction of sp³-hybridized carbons (Fsp3) is 1.00.